The van der Waals surface area contributed by atoms with Crippen LogP contribution in [0.4, 0.5) is 5.69 Å². The molecule has 21 heavy (non-hydrogen) atoms. The number of nitrogens with zero attached hydrogens (tertiary/aromatic N) is 3. The molecule has 0 atom stereocenters. The summed E-state index contributed by atoms with van der Waals surface area (Å²) in [6, 6.07) is 0. The molecule has 3 heterocycles. The Morgan fingerprint density at radius 3 is 2.62 bits per heavy atom. The van der Waals surface area contributed by atoms with Gasteiger partial charge in [0.05, 0.1) is 11.4 Å². The standard InChI is InChI=1S/C15H20N4OS/c1-8-4-6-19(7-5-8)15(20)13-12(16)11-9(2)10(3)17-18-14(11)21-13/h8H,4-7,16H2,1-3H3. The molecular formula is C15H20N4OS. The summed E-state index contributed by atoms with van der Waals surface area (Å²) in [4.78, 5) is 16.0. The van der Waals surface area contributed by atoms with Crippen LogP contribution in [0.15, 0.2) is 0 Å². The number of hydrogen-bond donors (Lipinski definition) is 1. The molecule has 1 amide bonds. The SMILES string of the molecule is Cc1nnc2sc(C(=O)N3CCC(C)CC3)c(N)c2c1C. The predicted octanol–water partition coefficient (Wildman–Crippen LogP) is 2.76. The molecule has 1 aliphatic heterocycles. The maximum Gasteiger partial charge on any atom is 0.266 e. The number of fused-ring (bicyclic) bond motifs is 1. The van der Waals surface area contributed by atoms with Crippen molar-refractivity contribution in [3.05, 3.63) is 16.1 Å². The Morgan fingerprint density at radius 1 is 1.29 bits per heavy atom. The number of amides is 1. The van der Waals surface area contributed by atoms with Crippen LogP contribution >= 0.6 is 11.3 Å². The van der Waals surface area contributed by atoms with Gasteiger partial charge in [0.2, 0.25) is 0 Å². The summed E-state index contributed by atoms with van der Waals surface area (Å²) in [5.41, 5.74) is 8.68. The zero-order chi connectivity index (χ0) is 15.1. The summed E-state index contributed by atoms with van der Waals surface area (Å²) in [6.07, 6.45) is 2.13. The topological polar surface area (TPSA) is 72.1 Å². The van der Waals surface area contributed by atoms with Gasteiger partial charge in [0, 0.05) is 18.5 Å². The summed E-state index contributed by atoms with van der Waals surface area (Å²) in [5, 5.41) is 9.19. The minimum absolute atomic E-state index is 0.0412. The number of aromatic nitrogens is 2. The number of anilines is 1. The second-order valence-corrected chi connectivity index (χ2v) is 6.91. The van der Waals surface area contributed by atoms with Crippen LogP contribution in [0, 0.1) is 19.8 Å². The number of piperidine rings is 1. The van der Waals surface area contributed by atoms with Gasteiger partial charge in [-0.3, -0.25) is 4.79 Å². The number of nitrogen functional groups attached to an aromatic ring is 1. The fourth-order valence-electron chi connectivity index (χ4n) is 2.75. The number of carbonyl (C=O) groups is 1. The van der Waals surface area contributed by atoms with Gasteiger partial charge in [0.15, 0.2) is 0 Å². The van der Waals surface area contributed by atoms with Crippen molar-refractivity contribution in [1.29, 1.82) is 0 Å². The lowest BCUT2D eigenvalue weighted by atomic mass is 9.99. The molecule has 3 rings (SSSR count). The van der Waals surface area contributed by atoms with Gasteiger partial charge in [-0.25, -0.2) is 0 Å². The summed E-state index contributed by atoms with van der Waals surface area (Å²) in [5.74, 6) is 0.740. The Hall–Kier alpha value is -1.69. The third-order valence-electron chi connectivity index (χ3n) is 4.40. The molecule has 5 nitrogen and oxygen atoms in total. The van der Waals surface area contributed by atoms with Crippen LogP contribution in [0.2, 0.25) is 0 Å². The molecule has 1 aliphatic rings. The van der Waals surface area contributed by atoms with E-state index < -0.39 is 0 Å². The van der Waals surface area contributed by atoms with E-state index in [0.29, 0.717) is 16.5 Å². The lowest BCUT2D eigenvalue weighted by Crippen LogP contribution is -2.37. The summed E-state index contributed by atoms with van der Waals surface area (Å²) in [6.45, 7) is 7.75. The van der Waals surface area contributed by atoms with E-state index in [2.05, 4.69) is 17.1 Å². The van der Waals surface area contributed by atoms with Crippen LogP contribution in [-0.2, 0) is 0 Å². The maximum atomic E-state index is 12.7. The van der Waals surface area contributed by atoms with Gasteiger partial charge in [0.1, 0.15) is 9.71 Å². The van der Waals surface area contributed by atoms with Gasteiger partial charge in [-0.05, 0) is 38.2 Å². The molecule has 112 valence electrons. The first kappa shape index (κ1) is 14.3. The molecular weight excluding hydrogens is 284 g/mol. The average molecular weight is 304 g/mol. The van der Waals surface area contributed by atoms with E-state index in [4.69, 9.17) is 5.73 Å². The number of thiophene rings is 1. The molecule has 0 aliphatic carbocycles. The van der Waals surface area contributed by atoms with E-state index in [-0.39, 0.29) is 5.91 Å². The lowest BCUT2D eigenvalue weighted by Gasteiger charge is -2.30. The number of carbonyl (C=O) groups excluding carboxylic acids is 1. The van der Waals surface area contributed by atoms with Crippen molar-refractivity contribution in [2.24, 2.45) is 5.92 Å². The summed E-state index contributed by atoms with van der Waals surface area (Å²) < 4.78 is 0. The van der Waals surface area contributed by atoms with Crippen molar-refractivity contribution in [1.82, 2.24) is 15.1 Å². The van der Waals surface area contributed by atoms with E-state index in [9.17, 15) is 4.79 Å². The smallest absolute Gasteiger partial charge is 0.266 e. The first-order valence-electron chi connectivity index (χ1n) is 7.30. The molecule has 0 unspecified atom stereocenters. The van der Waals surface area contributed by atoms with Crippen molar-refractivity contribution in [3.63, 3.8) is 0 Å². The third-order valence-corrected chi connectivity index (χ3v) is 5.48. The highest BCUT2D eigenvalue weighted by atomic mass is 32.1. The zero-order valence-corrected chi connectivity index (χ0v) is 13.5. The van der Waals surface area contributed by atoms with Crippen molar-refractivity contribution < 1.29 is 4.79 Å². The minimum Gasteiger partial charge on any atom is -0.397 e. The Morgan fingerprint density at radius 2 is 1.95 bits per heavy atom. The van der Waals surface area contributed by atoms with Gasteiger partial charge < -0.3 is 10.6 Å². The number of hydrogen-bond acceptors (Lipinski definition) is 5. The van der Waals surface area contributed by atoms with Crippen LogP contribution in [0.5, 0.6) is 0 Å². The van der Waals surface area contributed by atoms with Crippen LogP contribution in [-0.4, -0.2) is 34.1 Å². The molecule has 6 heteroatoms. The Labute approximate surface area is 128 Å². The van der Waals surface area contributed by atoms with Crippen LogP contribution < -0.4 is 5.73 Å². The molecule has 0 radical (unpaired) electrons. The Kier molecular flexibility index (Phi) is 3.57. The summed E-state index contributed by atoms with van der Waals surface area (Å²) >= 11 is 1.36. The van der Waals surface area contributed by atoms with Gasteiger partial charge >= 0.3 is 0 Å². The molecule has 0 bridgehead atoms. The van der Waals surface area contributed by atoms with E-state index in [1.807, 2.05) is 18.7 Å². The normalized spacial score (nSPS) is 16.6. The fourth-order valence-corrected chi connectivity index (χ4v) is 3.82. The quantitative estimate of drug-likeness (QED) is 0.879. The van der Waals surface area contributed by atoms with E-state index in [0.717, 1.165) is 47.4 Å². The predicted molar refractivity (Wildman–Crippen MR) is 85.6 cm³/mol. The second-order valence-electron chi connectivity index (χ2n) is 5.91. The van der Waals surface area contributed by atoms with Crippen molar-refractivity contribution >= 4 is 33.1 Å². The number of aryl methyl sites for hydroxylation is 2. The van der Waals surface area contributed by atoms with Crippen LogP contribution in [0.1, 0.15) is 40.7 Å². The molecule has 1 fully saturated rings. The van der Waals surface area contributed by atoms with E-state index >= 15 is 0 Å². The average Bonchev–Trinajstić information content (AvgIpc) is 2.81. The second kappa shape index (κ2) is 5.26. The van der Waals surface area contributed by atoms with Crippen LogP contribution in [0.25, 0.3) is 10.2 Å². The number of rotatable bonds is 1. The van der Waals surface area contributed by atoms with Crippen molar-refractivity contribution in [3.8, 4) is 0 Å². The molecule has 0 aromatic carbocycles. The van der Waals surface area contributed by atoms with Crippen molar-refractivity contribution in [2.75, 3.05) is 18.8 Å². The first-order chi connectivity index (χ1) is 9.99. The molecule has 2 aromatic heterocycles. The lowest BCUT2D eigenvalue weighted by molar-refractivity contribution is 0.0703. The van der Waals surface area contributed by atoms with Gasteiger partial charge in [-0.1, -0.05) is 6.92 Å². The van der Waals surface area contributed by atoms with Crippen molar-refractivity contribution in [2.45, 2.75) is 33.6 Å². The Balaban J connectivity index is 1.99. The maximum absolute atomic E-state index is 12.7. The monoisotopic (exact) mass is 304 g/mol. The number of likely N-dealkylation sites (tertiary alicyclic amines) is 1. The molecule has 2 N–H and O–H groups in total. The molecule has 1 saturated heterocycles. The van der Waals surface area contributed by atoms with E-state index in [1.165, 1.54) is 11.3 Å². The molecule has 2 aromatic rings. The van der Waals surface area contributed by atoms with Gasteiger partial charge in [0.25, 0.3) is 5.91 Å². The van der Waals surface area contributed by atoms with Gasteiger partial charge in [-0.2, -0.15) is 5.10 Å². The minimum atomic E-state index is 0.0412. The fraction of sp³-hybridized carbons (Fsp3) is 0.533. The van der Waals surface area contributed by atoms with E-state index in [1.54, 1.807) is 0 Å². The van der Waals surface area contributed by atoms with Crippen LogP contribution in [0.3, 0.4) is 0 Å². The molecule has 0 spiro atoms. The highest BCUT2D eigenvalue weighted by molar-refractivity contribution is 7.21. The molecule has 0 saturated carbocycles. The third kappa shape index (κ3) is 2.37. The summed E-state index contributed by atoms with van der Waals surface area (Å²) in [7, 11) is 0. The van der Waals surface area contributed by atoms with Gasteiger partial charge in [-0.15, -0.1) is 16.4 Å². The first-order valence-corrected chi connectivity index (χ1v) is 8.11. The number of nitrogens with two attached hydrogens (primary N) is 1. The Bertz CT molecular complexity index is 701. The highest BCUT2D eigenvalue weighted by Gasteiger charge is 2.26. The zero-order valence-electron chi connectivity index (χ0n) is 12.6. The highest BCUT2D eigenvalue weighted by Crippen LogP contribution is 2.36. The largest absolute Gasteiger partial charge is 0.397 e.